The molecule has 0 aliphatic heterocycles. The Morgan fingerprint density at radius 1 is 1.10 bits per heavy atom. The lowest BCUT2D eigenvalue weighted by molar-refractivity contribution is -0.385. The Bertz CT molecular complexity index is 802. The van der Waals surface area contributed by atoms with Crippen molar-refractivity contribution in [1.29, 1.82) is 0 Å². The van der Waals surface area contributed by atoms with Crippen molar-refractivity contribution in [2.75, 3.05) is 5.32 Å². The minimum atomic E-state index is -0.365. The summed E-state index contributed by atoms with van der Waals surface area (Å²) in [5.74, 6) is 0. The summed E-state index contributed by atoms with van der Waals surface area (Å²) in [5.41, 5.74) is 2.54. The van der Waals surface area contributed by atoms with Crippen LogP contribution in [0.15, 0.2) is 60.8 Å². The van der Waals surface area contributed by atoms with Crippen molar-refractivity contribution in [3.8, 4) is 0 Å². The standard InChI is InChI=1S/C16H13N3O2/c20-19(21)16-8-4-2-6-13(16)10-17-14-9-12-5-1-3-7-15(12)18-11-14/h1-9,11,17H,10H2. The second-order valence-corrected chi connectivity index (χ2v) is 4.66. The van der Waals surface area contributed by atoms with Gasteiger partial charge in [0.05, 0.1) is 22.3 Å². The van der Waals surface area contributed by atoms with Gasteiger partial charge in [-0.15, -0.1) is 0 Å². The van der Waals surface area contributed by atoms with Gasteiger partial charge in [-0.1, -0.05) is 36.4 Å². The van der Waals surface area contributed by atoms with Gasteiger partial charge < -0.3 is 5.32 Å². The maximum atomic E-state index is 11.0. The smallest absolute Gasteiger partial charge is 0.274 e. The van der Waals surface area contributed by atoms with E-state index < -0.39 is 0 Å². The molecule has 0 amide bonds. The largest absolute Gasteiger partial charge is 0.379 e. The highest BCUT2D eigenvalue weighted by atomic mass is 16.6. The van der Waals surface area contributed by atoms with Crippen molar-refractivity contribution >= 4 is 22.3 Å². The van der Waals surface area contributed by atoms with Crippen LogP contribution in [0.1, 0.15) is 5.56 Å². The number of hydrogen-bond acceptors (Lipinski definition) is 4. The topological polar surface area (TPSA) is 68.1 Å². The Hall–Kier alpha value is -2.95. The molecule has 5 nitrogen and oxygen atoms in total. The molecule has 1 heterocycles. The molecule has 0 aliphatic rings. The van der Waals surface area contributed by atoms with E-state index in [2.05, 4.69) is 10.3 Å². The predicted molar refractivity (Wildman–Crippen MR) is 82.2 cm³/mol. The summed E-state index contributed by atoms with van der Waals surface area (Å²) in [5, 5.41) is 15.2. The molecule has 0 saturated heterocycles. The van der Waals surface area contributed by atoms with E-state index in [1.165, 1.54) is 6.07 Å². The highest BCUT2D eigenvalue weighted by molar-refractivity contribution is 5.81. The Labute approximate surface area is 121 Å². The normalized spacial score (nSPS) is 10.5. The van der Waals surface area contributed by atoms with E-state index in [9.17, 15) is 10.1 Å². The molecule has 104 valence electrons. The Morgan fingerprint density at radius 2 is 1.86 bits per heavy atom. The predicted octanol–water partition coefficient (Wildman–Crippen LogP) is 3.76. The number of nitrogens with zero attached hydrogens (tertiary/aromatic N) is 2. The molecule has 0 bridgehead atoms. The van der Waals surface area contributed by atoms with Crippen LogP contribution in [0.25, 0.3) is 10.9 Å². The minimum absolute atomic E-state index is 0.124. The lowest BCUT2D eigenvalue weighted by Crippen LogP contribution is -2.03. The van der Waals surface area contributed by atoms with Crippen molar-refractivity contribution < 1.29 is 4.92 Å². The van der Waals surface area contributed by atoms with Crippen molar-refractivity contribution in [2.45, 2.75) is 6.54 Å². The zero-order chi connectivity index (χ0) is 14.7. The summed E-state index contributed by atoms with van der Waals surface area (Å²) in [6.07, 6.45) is 1.73. The van der Waals surface area contributed by atoms with Crippen LogP contribution in [-0.2, 0) is 6.54 Å². The molecule has 0 unspecified atom stereocenters. The van der Waals surface area contributed by atoms with Crippen LogP contribution in [-0.4, -0.2) is 9.91 Å². The number of pyridine rings is 1. The zero-order valence-electron chi connectivity index (χ0n) is 11.2. The molecule has 1 N–H and O–H groups in total. The van der Waals surface area contributed by atoms with Gasteiger partial charge in [-0.05, 0) is 12.1 Å². The van der Waals surface area contributed by atoms with Crippen LogP contribution in [0.3, 0.4) is 0 Å². The van der Waals surface area contributed by atoms with Crippen LogP contribution >= 0.6 is 0 Å². The fourth-order valence-electron chi connectivity index (χ4n) is 2.20. The number of nitro benzene ring substituents is 1. The molecular weight excluding hydrogens is 266 g/mol. The number of fused-ring (bicyclic) bond motifs is 1. The summed E-state index contributed by atoms with van der Waals surface area (Å²) in [6, 6.07) is 16.5. The number of hydrogen-bond donors (Lipinski definition) is 1. The van der Waals surface area contributed by atoms with Crippen LogP contribution in [0.2, 0.25) is 0 Å². The molecule has 0 fully saturated rings. The molecule has 21 heavy (non-hydrogen) atoms. The number of aromatic nitrogens is 1. The van der Waals surface area contributed by atoms with E-state index in [-0.39, 0.29) is 10.6 Å². The number of rotatable bonds is 4. The quantitative estimate of drug-likeness (QED) is 0.583. The average Bonchev–Trinajstić information content (AvgIpc) is 2.53. The molecular formula is C16H13N3O2. The third-order valence-electron chi connectivity index (χ3n) is 3.26. The fourth-order valence-corrected chi connectivity index (χ4v) is 2.20. The first-order valence-electron chi connectivity index (χ1n) is 6.55. The number of nitro groups is 1. The fraction of sp³-hybridized carbons (Fsp3) is 0.0625. The molecule has 0 saturated carbocycles. The number of anilines is 1. The lowest BCUT2D eigenvalue weighted by atomic mass is 10.1. The molecule has 0 aliphatic carbocycles. The second kappa shape index (κ2) is 5.58. The Kier molecular flexibility index (Phi) is 3.47. The number of benzene rings is 2. The van der Waals surface area contributed by atoms with Crippen LogP contribution in [0, 0.1) is 10.1 Å². The van der Waals surface area contributed by atoms with Gasteiger partial charge in [0.25, 0.3) is 5.69 Å². The maximum Gasteiger partial charge on any atom is 0.274 e. The van der Waals surface area contributed by atoms with Crippen molar-refractivity contribution in [2.24, 2.45) is 0 Å². The summed E-state index contributed by atoms with van der Waals surface area (Å²) in [6.45, 7) is 0.386. The minimum Gasteiger partial charge on any atom is -0.379 e. The Balaban J connectivity index is 1.82. The van der Waals surface area contributed by atoms with E-state index in [0.29, 0.717) is 12.1 Å². The lowest BCUT2D eigenvalue weighted by Gasteiger charge is -2.07. The van der Waals surface area contributed by atoms with Crippen LogP contribution < -0.4 is 5.32 Å². The van der Waals surface area contributed by atoms with Gasteiger partial charge >= 0.3 is 0 Å². The van der Waals surface area contributed by atoms with Gasteiger partial charge in [0, 0.05) is 23.6 Å². The molecule has 1 aromatic heterocycles. The van der Waals surface area contributed by atoms with Gasteiger partial charge in [0.1, 0.15) is 0 Å². The number of nitrogens with one attached hydrogen (secondary N) is 1. The van der Waals surface area contributed by atoms with Crippen molar-refractivity contribution in [3.05, 3.63) is 76.5 Å². The van der Waals surface area contributed by atoms with Gasteiger partial charge in [-0.25, -0.2) is 0 Å². The average molecular weight is 279 g/mol. The first kappa shape index (κ1) is 13.1. The first-order valence-corrected chi connectivity index (χ1v) is 6.55. The summed E-state index contributed by atoms with van der Waals surface area (Å²) in [7, 11) is 0. The molecule has 5 heteroatoms. The van der Waals surface area contributed by atoms with Gasteiger partial charge in [-0.2, -0.15) is 0 Å². The highest BCUT2D eigenvalue weighted by Crippen LogP contribution is 2.20. The van der Waals surface area contributed by atoms with Crippen LogP contribution in [0.5, 0.6) is 0 Å². The van der Waals surface area contributed by atoms with E-state index in [1.54, 1.807) is 24.4 Å². The molecule has 0 radical (unpaired) electrons. The van der Waals surface area contributed by atoms with Crippen molar-refractivity contribution in [1.82, 2.24) is 4.98 Å². The summed E-state index contributed by atoms with van der Waals surface area (Å²) >= 11 is 0. The molecule has 3 aromatic rings. The third kappa shape index (κ3) is 2.81. The van der Waals surface area contributed by atoms with E-state index in [4.69, 9.17) is 0 Å². The monoisotopic (exact) mass is 279 g/mol. The van der Waals surface area contributed by atoms with Crippen LogP contribution in [0.4, 0.5) is 11.4 Å². The SMILES string of the molecule is O=[N+]([O-])c1ccccc1CNc1cnc2ccccc2c1. The van der Waals surface area contributed by atoms with Gasteiger partial charge in [0.2, 0.25) is 0 Å². The maximum absolute atomic E-state index is 11.0. The van der Waals surface area contributed by atoms with E-state index >= 15 is 0 Å². The Morgan fingerprint density at radius 3 is 2.71 bits per heavy atom. The molecule has 3 rings (SSSR count). The first-order chi connectivity index (χ1) is 10.2. The van der Waals surface area contributed by atoms with E-state index in [1.807, 2.05) is 30.3 Å². The van der Waals surface area contributed by atoms with E-state index in [0.717, 1.165) is 16.6 Å². The molecule has 2 aromatic carbocycles. The molecule has 0 atom stereocenters. The van der Waals surface area contributed by atoms with Crippen molar-refractivity contribution in [3.63, 3.8) is 0 Å². The summed E-state index contributed by atoms with van der Waals surface area (Å²) < 4.78 is 0. The third-order valence-corrected chi connectivity index (χ3v) is 3.26. The van der Waals surface area contributed by atoms with Gasteiger partial charge in [0.15, 0.2) is 0 Å². The number of para-hydroxylation sites is 2. The highest BCUT2D eigenvalue weighted by Gasteiger charge is 2.11. The zero-order valence-corrected chi connectivity index (χ0v) is 11.2. The second-order valence-electron chi connectivity index (χ2n) is 4.66. The summed E-state index contributed by atoms with van der Waals surface area (Å²) in [4.78, 5) is 15.0. The molecule has 0 spiro atoms. The van der Waals surface area contributed by atoms with Gasteiger partial charge in [-0.3, -0.25) is 15.1 Å².